The molecule has 3 nitrogen and oxygen atoms in total. The zero-order valence-electron chi connectivity index (χ0n) is 11.1. The molecule has 1 rings (SSSR count). The summed E-state index contributed by atoms with van der Waals surface area (Å²) < 4.78 is 0. The fraction of sp³-hybridized carbons (Fsp3) is 1.00. The molecule has 16 heavy (non-hydrogen) atoms. The number of nitrogens with zero attached hydrogens (tertiary/aromatic N) is 2. The molecule has 1 unspecified atom stereocenters. The smallest absolute Gasteiger partial charge is 0.0195 e. The third-order valence-electron chi connectivity index (χ3n) is 3.68. The highest BCUT2D eigenvalue weighted by atomic mass is 15.3. The monoisotopic (exact) mass is 227 g/mol. The summed E-state index contributed by atoms with van der Waals surface area (Å²) in [5.41, 5.74) is 5.49. The normalized spacial score (nSPS) is 23.8. The number of unbranched alkanes of at least 4 members (excludes halogenated alkanes) is 3. The van der Waals surface area contributed by atoms with Gasteiger partial charge in [-0.3, -0.25) is 4.90 Å². The predicted octanol–water partition coefficient (Wildman–Crippen LogP) is 1.53. The van der Waals surface area contributed by atoms with E-state index in [2.05, 4.69) is 23.6 Å². The second kappa shape index (κ2) is 8.04. The molecule has 0 radical (unpaired) electrons. The van der Waals surface area contributed by atoms with Gasteiger partial charge in [0, 0.05) is 25.7 Å². The molecule has 2 N–H and O–H groups in total. The van der Waals surface area contributed by atoms with Crippen molar-refractivity contribution >= 4 is 0 Å². The van der Waals surface area contributed by atoms with Crippen LogP contribution < -0.4 is 5.73 Å². The first-order valence-electron chi connectivity index (χ1n) is 6.94. The molecule has 1 aliphatic heterocycles. The molecule has 3 heteroatoms. The van der Waals surface area contributed by atoms with Gasteiger partial charge < -0.3 is 10.6 Å². The predicted molar refractivity (Wildman–Crippen MR) is 70.7 cm³/mol. The van der Waals surface area contributed by atoms with Crippen LogP contribution in [-0.4, -0.2) is 55.1 Å². The number of hydrogen-bond donors (Lipinski definition) is 1. The van der Waals surface area contributed by atoms with Gasteiger partial charge in [0.2, 0.25) is 0 Å². The first-order valence-corrected chi connectivity index (χ1v) is 6.94. The van der Waals surface area contributed by atoms with E-state index in [1.807, 2.05) is 0 Å². The second-order valence-electron chi connectivity index (χ2n) is 4.98. The van der Waals surface area contributed by atoms with E-state index in [1.54, 1.807) is 0 Å². The number of likely N-dealkylation sites (N-methyl/N-ethyl adjacent to an activating group) is 1. The van der Waals surface area contributed by atoms with Crippen molar-refractivity contribution in [3.05, 3.63) is 0 Å². The molecular formula is C13H29N3. The SMILES string of the molecule is CCN1CCN(CCCCCCN)CC1C. The van der Waals surface area contributed by atoms with Crippen molar-refractivity contribution in [3.63, 3.8) is 0 Å². The Morgan fingerprint density at radius 3 is 2.50 bits per heavy atom. The van der Waals surface area contributed by atoms with Gasteiger partial charge in [-0.05, 0) is 39.4 Å². The molecule has 1 atom stereocenters. The van der Waals surface area contributed by atoms with Crippen LogP contribution in [0.25, 0.3) is 0 Å². The lowest BCUT2D eigenvalue weighted by atomic mass is 10.1. The van der Waals surface area contributed by atoms with E-state index in [4.69, 9.17) is 5.73 Å². The highest BCUT2D eigenvalue weighted by Crippen LogP contribution is 2.10. The third kappa shape index (κ3) is 4.81. The molecule has 0 aromatic carbocycles. The lowest BCUT2D eigenvalue weighted by molar-refractivity contribution is 0.0869. The number of nitrogens with two attached hydrogens (primary N) is 1. The van der Waals surface area contributed by atoms with E-state index >= 15 is 0 Å². The second-order valence-corrected chi connectivity index (χ2v) is 4.98. The van der Waals surface area contributed by atoms with Crippen molar-refractivity contribution in [1.29, 1.82) is 0 Å². The van der Waals surface area contributed by atoms with Gasteiger partial charge in [-0.2, -0.15) is 0 Å². The number of rotatable bonds is 7. The van der Waals surface area contributed by atoms with Crippen LogP contribution in [0.3, 0.4) is 0 Å². The van der Waals surface area contributed by atoms with Crippen LogP contribution in [0.2, 0.25) is 0 Å². The molecule has 1 aliphatic rings. The van der Waals surface area contributed by atoms with Crippen molar-refractivity contribution in [1.82, 2.24) is 9.80 Å². The van der Waals surface area contributed by atoms with Gasteiger partial charge in [-0.1, -0.05) is 19.8 Å². The summed E-state index contributed by atoms with van der Waals surface area (Å²) in [5, 5.41) is 0. The number of piperazine rings is 1. The Kier molecular flexibility index (Phi) is 7.01. The van der Waals surface area contributed by atoms with E-state index in [-0.39, 0.29) is 0 Å². The van der Waals surface area contributed by atoms with Crippen molar-refractivity contribution < 1.29 is 0 Å². The van der Waals surface area contributed by atoms with E-state index in [0.717, 1.165) is 12.6 Å². The summed E-state index contributed by atoms with van der Waals surface area (Å²) in [5.74, 6) is 0. The molecule has 0 bridgehead atoms. The summed E-state index contributed by atoms with van der Waals surface area (Å²) >= 11 is 0. The maximum absolute atomic E-state index is 5.49. The van der Waals surface area contributed by atoms with Crippen molar-refractivity contribution in [2.45, 2.75) is 45.6 Å². The minimum atomic E-state index is 0.739. The average Bonchev–Trinajstić information content (AvgIpc) is 2.29. The maximum Gasteiger partial charge on any atom is 0.0195 e. The molecule has 0 aromatic heterocycles. The zero-order chi connectivity index (χ0) is 11.8. The van der Waals surface area contributed by atoms with Crippen LogP contribution in [0.15, 0.2) is 0 Å². The molecule has 1 fully saturated rings. The molecule has 0 spiro atoms. The quantitative estimate of drug-likeness (QED) is 0.670. The van der Waals surface area contributed by atoms with Crippen molar-refractivity contribution in [2.75, 3.05) is 39.3 Å². The molecule has 1 heterocycles. The first-order chi connectivity index (χ1) is 7.77. The van der Waals surface area contributed by atoms with Gasteiger partial charge in [0.1, 0.15) is 0 Å². The van der Waals surface area contributed by atoms with E-state index in [1.165, 1.54) is 58.4 Å². The van der Waals surface area contributed by atoms with Crippen LogP contribution in [0.4, 0.5) is 0 Å². The van der Waals surface area contributed by atoms with Crippen LogP contribution >= 0.6 is 0 Å². The van der Waals surface area contributed by atoms with Gasteiger partial charge >= 0.3 is 0 Å². The molecule has 0 amide bonds. The Morgan fingerprint density at radius 2 is 1.88 bits per heavy atom. The van der Waals surface area contributed by atoms with Gasteiger partial charge in [0.05, 0.1) is 0 Å². The average molecular weight is 227 g/mol. The number of hydrogen-bond acceptors (Lipinski definition) is 3. The summed E-state index contributed by atoms with van der Waals surface area (Å²) in [6.07, 6.45) is 5.19. The fourth-order valence-electron chi connectivity index (χ4n) is 2.58. The van der Waals surface area contributed by atoms with Gasteiger partial charge in [0.15, 0.2) is 0 Å². The van der Waals surface area contributed by atoms with E-state index in [9.17, 15) is 0 Å². The zero-order valence-corrected chi connectivity index (χ0v) is 11.1. The van der Waals surface area contributed by atoms with E-state index in [0.29, 0.717) is 0 Å². The van der Waals surface area contributed by atoms with Crippen LogP contribution in [0.5, 0.6) is 0 Å². The molecular weight excluding hydrogens is 198 g/mol. The summed E-state index contributed by atoms with van der Waals surface area (Å²) in [4.78, 5) is 5.20. The van der Waals surface area contributed by atoms with E-state index < -0.39 is 0 Å². The fourth-order valence-corrected chi connectivity index (χ4v) is 2.58. The van der Waals surface area contributed by atoms with Crippen molar-refractivity contribution in [3.8, 4) is 0 Å². The topological polar surface area (TPSA) is 32.5 Å². The highest BCUT2D eigenvalue weighted by molar-refractivity contribution is 4.77. The summed E-state index contributed by atoms with van der Waals surface area (Å²) in [7, 11) is 0. The Labute approximate surface area is 101 Å². The maximum atomic E-state index is 5.49. The molecule has 1 saturated heterocycles. The minimum Gasteiger partial charge on any atom is -0.330 e. The Balaban J connectivity index is 2.06. The molecule has 96 valence electrons. The lowest BCUT2D eigenvalue weighted by Gasteiger charge is -2.39. The van der Waals surface area contributed by atoms with Gasteiger partial charge in [0.25, 0.3) is 0 Å². The Morgan fingerprint density at radius 1 is 1.12 bits per heavy atom. The van der Waals surface area contributed by atoms with Gasteiger partial charge in [-0.15, -0.1) is 0 Å². The van der Waals surface area contributed by atoms with Crippen LogP contribution in [0.1, 0.15) is 39.5 Å². The Bertz CT molecular complexity index is 173. The molecule has 0 aromatic rings. The van der Waals surface area contributed by atoms with Crippen molar-refractivity contribution in [2.24, 2.45) is 5.73 Å². The Hall–Kier alpha value is -0.120. The van der Waals surface area contributed by atoms with Gasteiger partial charge in [-0.25, -0.2) is 0 Å². The summed E-state index contributed by atoms with van der Waals surface area (Å²) in [6, 6.07) is 0.739. The largest absolute Gasteiger partial charge is 0.330 e. The molecule has 0 saturated carbocycles. The van der Waals surface area contributed by atoms with Crippen LogP contribution in [0, 0.1) is 0 Å². The molecule has 0 aliphatic carbocycles. The standard InChI is InChI=1S/C13H29N3/c1-3-16-11-10-15(12-13(16)2)9-7-5-4-6-8-14/h13H,3-12,14H2,1-2H3. The highest BCUT2D eigenvalue weighted by Gasteiger charge is 2.21. The lowest BCUT2D eigenvalue weighted by Crippen LogP contribution is -2.51. The third-order valence-corrected chi connectivity index (χ3v) is 3.68. The minimum absolute atomic E-state index is 0.739. The first kappa shape index (κ1) is 13.9. The summed E-state index contributed by atoms with van der Waals surface area (Å²) in [6.45, 7) is 11.7. The van der Waals surface area contributed by atoms with Crippen LogP contribution in [-0.2, 0) is 0 Å².